The van der Waals surface area contributed by atoms with Crippen LogP contribution in [0.25, 0.3) is 0 Å². The Hall–Kier alpha value is -2.27. The topological polar surface area (TPSA) is 36.4 Å². The number of carbonyl (C=O) groups excluding carboxylic acids is 1. The van der Waals surface area contributed by atoms with Crippen LogP contribution in [0.1, 0.15) is 35.7 Å². The predicted molar refractivity (Wildman–Crippen MR) is 101 cm³/mol. The zero-order chi connectivity index (χ0) is 18.5. The molecule has 138 valence electrons. The van der Waals surface area contributed by atoms with Gasteiger partial charge >= 0.3 is 0 Å². The van der Waals surface area contributed by atoms with Crippen molar-refractivity contribution in [3.8, 4) is 0 Å². The highest BCUT2D eigenvalue weighted by molar-refractivity contribution is 5.77. The monoisotopic (exact) mass is 355 g/mol. The normalized spacial score (nSPS) is 17.9. The molecular formula is C21H26FN3O. The Balaban J connectivity index is 1.68. The first-order chi connectivity index (χ1) is 12.5. The zero-order valence-corrected chi connectivity index (χ0v) is 15.5. The van der Waals surface area contributed by atoms with E-state index in [0.29, 0.717) is 18.9 Å². The smallest absolute Gasteiger partial charge is 0.236 e. The summed E-state index contributed by atoms with van der Waals surface area (Å²) in [7, 11) is 3.59. The molecule has 2 heterocycles. The van der Waals surface area contributed by atoms with Gasteiger partial charge in [-0.25, -0.2) is 4.39 Å². The number of piperidine rings is 1. The number of likely N-dealkylation sites (N-methyl/N-ethyl adjacent to an activating group) is 1. The van der Waals surface area contributed by atoms with Gasteiger partial charge < -0.3 is 4.90 Å². The second-order valence-corrected chi connectivity index (χ2v) is 7.22. The molecule has 1 aromatic heterocycles. The fraction of sp³-hybridized carbons (Fsp3) is 0.429. The molecule has 1 fully saturated rings. The number of hydrogen-bond acceptors (Lipinski definition) is 3. The van der Waals surface area contributed by atoms with Crippen LogP contribution in [-0.2, 0) is 11.2 Å². The molecule has 4 nitrogen and oxygen atoms in total. The van der Waals surface area contributed by atoms with Gasteiger partial charge in [-0.15, -0.1) is 0 Å². The van der Waals surface area contributed by atoms with Crippen molar-refractivity contribution in [3.05, 3.63) is 65.2 Å². The third-order valence-corrected chi connectivity index (χ3v) is 4.88. The summed E-state index contributed by atoms with van der Waals surface area (Å²) in [5.41, 5.74) is 2.95. The molecule has 0 radical (unpaired) electrons. The van der Waals surface area contributed by atoms with E-state index in [1.54, 1.807) is 31.1 Å². The third kappa shape index (κ3) is 4.88. The number of amides is 1. The van der Waals surface area contributed by atoms with Crippen molar-refractivity contribution in [2.24, 2.45) is 0 Å². The summed E-state index contributed by atoms with van der Waals surface area (Å²) in [6, 6.07) is 12.8. The molecule has 0 bridgehead atoms. The van der Waals surface area contributed by atoms with Crippen LogP contribution in [0.5, 0.6) is 0 Å². The number of pyridine rings is 1. The van der Waals surface area contributed by atoms with Gasteiger partial charge in [0.05, 0.1) is 6.54 Å². The molecular weight excluding hydrogens is 329 g/mol. The van der Waals surface area contributed by atoms with Crippen molar-refractivity contribution in [1.82, 2.24) is 14.8 Å². The molecule has 0 saturated carbocycles. The van der Waals surface area contributed by atoms with Gasteiger partial charge in [-0.3, -0.25) is 14.7 Å². The van der Waals surface area contributed by atoms with Crippen molar-refractivity contribution in [2.45, 2.75) is 25.2 Å². The van der Waals surface area contributed by atoms with Crippen molar-refractivity contribution < 1.29 is 9.18 Å². The number of nitrogens with zero attached hydrogens (tertiary/aromatic N) is 3. The Labute approximate surface area is 154 Å². The Morgan fingerprint density at radius 1 is 1.27 bits per heavy atom. The predicted octanol–water partition coefficient (Wildman–Crippen LogP) is 3.08. The maximum absolute atomic E-state index is 13.4. The highest BCUT2D eigenvalue weighted by Gasteiger charge is 2.24. The summed E-state index contributed by atoms with van der Waals surface area (Å²) >= 11 is 0. The van der Waals surface area contributed by atoms with Gasteiger partial charge in [0.1, 0.15) is 5.82 Å². The van der Waals surface area contributed by atoms with Crippen LogP contribution in [-0.4, -0.2) is 54.4 Å². The van der Waals surface area contributed by atoms with Crippen molar-refractivity contribution in [2.75, 3.05) is 33.7 Å². The molecule has 1 amide bonds. The van der Waals surface area contributed by atoms with Crippen LogP contribution in [0.3, 0.4) is 0 Å². The summed E-state index contributed by atoms with van der Waals surface area (Å²) in [4.78, 5) is 20.7. The number of halogens is 1. The Morgan fingerprint density at radius 3 is 2.85 bits per heavy atom. The first-order valence-corrected chi connectivity index (χ1v) is 9.14. The fourth-order valence-electron chi connectivity index (χ4n) is 3.45. The van der Waals surface area contributed by atoms with Gasteiger partial charge in [-0.05, 0) is 49.2 Å². The van der Waals surface area contributed by atoms with E-state index in [0.717, 1.165) is 42.9 Å². The van der Waals surface area contributed by atoms with E-state index in [1.807, 2.05) is 18.2 Å². The Morgan fingerprint density at radius 2 is 2.08 bits per heavy atom. The second-order valence-electron chi connectivity index (χ2n) is 7.22. The van der Waals surface area contributed by atoms with Crippen LogP contribution in [0.4, 0.5) is 4.39 Å². The number of carbonyl (C=O) groups is 1. The van der Waals surface area contributed by atoms with E-state index in [9.17, 15) is 9.18 Å². The van der Waals surface area contributed by atoms with Gasteiger partial charge in [0.15, 0.2) is 0 Å². The molecule has 0 N–H and O–H groups in total. The van der Waals surface area contributed by atoms with Gasteiger partial charge in [0.2, 0.25) is 5.91 Å². The van der Waals surface area contributed by atoms with Crippen molar-refractivity contribution in [1.29, 1.82) is 0 Å². The number of rotatable bonds is 5. The minimum absolute atomic E-state index is 0.137. The fourth-order valence-corrected chi connectivity index (χ4v) is 3.45. The van der Waals surface area contributed by atoms with Crippen LogP contribution in [0.2, 0.25) is 0 Å². The summed E-state index contributed by atoms with van der Waals surface area (Å²) in [6.07, 6.45) is 2.78. The van der Waals surface area contributed by atoms with Crippen molar-refractivity contribution in [3.63, 3.8) is 0 Å². The molecule has 5 heteroatoms. The van der Waals surface area contributed by atoms with Crippen LogP contribution < -0.4 is 0 Å². The lowest BCUT2D eigenvalue weighted by molar-refractivity contribution is -0.130. The van der Waals surface area contributed by atoms with Crippen molar-refractivity contribution >= 4 is 5.91 Å². The molecule has 1 saturated heterocycles. The van der Waals surface area contributed by atoms with Gasteiger partial charge in [0, 0.05) is 44.4 Å². The van der Waals surface area contributed by atoms with Gasteiger partial charge in [-0.2, -0.15) is 0 Å². The zero-order valence-electron chi connectivity index (χ0n) is 15.5. The van der Waals surface area contributed by atoms with Gasteiger partial charge in [0.25, 0.3) is 0 Å². The third-order valence-electron chi connectivity index (χ3n) is 4.88. The minimum atomic E-state index is -0.216. The largest absolute Gasteiger partial charge is 0.348 e. The Kier molecular flexibility index (Phi) is 5.99. The lowest BCUT2D eigenvalue weighted by Gasteiger charge is -2.32. The van der Waals surface area contributed by atoms with E-state index in [1.165, 1.54) is 6.07 Å². The maximum atomic E-state index is 13.4. The molecule has 0 spiro atoms. The number of hydrogen-bond donors (Lipinski definition) is 0. The molecule has 26 heavy (non-hydrogen) atoms. The molecule has 1 aromatic carbocycles. The lowest BCUT2D eigenvalue weighted by Crippen LogP contribution is -2.41. The average Bonchev–Trinajstić information content (AvgIpc) is 2.62. The molecule has 1 unspecified atom stereocenters. The van der Waals surface area contributed by atoms with Gasteiger partial charge in [-0.1, -0.05) is 18.2 Å². The molecule has 2 aromatic rings. The van der Waals surface area contributed by atoms with E-state index >= 15 is 0 Å². The Bertz CT molecular complexity index is 762. The average molecular weight is 355 g/mol. The molecule has 1 aliphatic heterocycles. The summed E-state index contributed by atoms with van der Waals surface area (Å²) in [6.45, 7) is 2.28. The lowest BCUT2D eigenvalue weighted by atomic mass is 9.94. The second kappa shape index (κ2) is 8.41. The van der Waals surface area contributed by atoms with Crippen LogP contribution >= 0.6 is 0 Å². The van der Waals surface area contributed by atoms with Crippen LogP contribution in [0.15, 0.2) is 42.5 Å². The van der Waals surface area contributed by atoms with E-state index in [2.05, 4.69) is 11.0 Å². The highest BCUT2D eigenvalue weighted by Crippen LogP contribution is 2.26. The molecule has 0 aliphatic carbocycles. The number of likely N-dealkylation sites (tertiary alicyclic amines) is 1. The maximum Gasteiger partial charge on any atom is 0.236 e. The molecule has 1 aliphatic rings. The highest BCUT2D eigenvalue weighted by atomic mass is 19.1. The summed E-state index contributed by atoms with van der Waals surface area (Å²) in [5.74, 6) is 0.261. The standard InChI is InChI=1S/C21H26FN3O/c1-24(2)21(26)15-25-11-5-7-17(14-25)20-10-4-9-19(23-20)13-16-6-3-8-18(22)12-16/h3-4,6,8-10,12,17H,5,7,11,13-15H2,1-2H3. The first-order valence-electron chi connectivity index (χ1n) is 9.14. The first kappa shape index (κ1) is 18.5. The molecule has 3 rings (SSSR count). The SMILES string of the molecule is CN(C)C(=O)CN1CCCC(c2cccc(Cc3cccc(F)c3)n2)C1. The minimum Gasteiger partial charge on any atom is -0.348 e. The number of benzene rings is 1. The quantitative estimate of drug-likeness (QED) is 0.827. The molecule has 1 atom stereocenters. The summed E-state index contributed by atoms with van der Waals surface area (Å²) < 4.78 is 13.4. The van der Waals surface area contributed by atoms with E-state index < -0.39 is 0 Å². The van der Waals surface area contributed by atoms with E-state index in [4.69, 9.17) is 4.98 Å². The van der Waals surface area contributed by atoms with Crippen LogP contribution in [0, 0.1) is 5.82 Å². The summed E-state index contributed by atoms with van der Waals surface area (Å²) in [5, 5.41) is 0. The number of aromatic nitrogens is 1. The van der Waals surface area contributed by atoms with E-state index in [-0.39, 0.29) is 11.7 Å².